The van der Waals surface area contributed by atoms with Gasteiger partial charge in [0.2, 0.25) is 6.10 Å². The Hall–Kier alpha value is -2.04. The van der Waals surface area contributed by atoms with Gasteiger partial charge in [-0.25, -0.2) is 4.79 Å². The molecule has 0 aliphatic heterocycles. The van der Waals surface area contributed by atoms with Crippen molar-refractivity contribution in [3.8, 4) is 0 Å². The first kappa shape index (κ1) is 21.3. The molecule has 0 bridgehead atoms. The maximum absolute atomic E-state index is 13.2. The van der Waals surface area contributed by atoms with Gasteiger partial charge >= 0.3 is 11.9 Å². The fourth-order valence-electron chi connectivity index (χ4n) is 3.03. The van der Waals surface area contributed by atoms with Gasteiger partial charge in [0, 0.05) is 15.6 Å². The number of ether oxygens (including phenoxy) is 2. The molecule has 6 heteroatoms. The zero-order chi connectivity index (χ0) is 20.0. The SMILES string of the molecule is CCC[C@@](C)(C(=O)O[C@@H](C(=O)OC)c1ccccc1Cl)c1ccccc1Cl. The molecule has 27 heavy (non-hydrogen) atoms. The second-order valence-corrected chi connectivity index (χ2v) is 7.21. The van der Waals surface area contributed by atoms with E-state index in [1.54, 1.807) is 49.4 Å². The maximum Gasteiger partial charge on any atom is 0.352 e. The van der Waals surface area contributed by atoms with Gasteiger partial charge in [-0.1, -0.05) is 72.9 Å². The average Bonchev–Trinajstić information content (AvgIpc) is 2.66. The van der Waals surface area contributed by atoms with Crippen LogP contribution in [0.4, 0.5) is 0 Å². The third-order valence-electron chi connectivity index (χ3n) is 4.50. The zero-order valence-corrected chi connectivity index (χ0v) is 17.0. The summed E-state index contributed by atoms with van der Waals surface area (Å²) in [7, 11) is 1.24. The van der Waals surface area contributed by atoms with Crippen molar-refractivity contribution in [2.45, 2.75) is 38.2 Å². The van der Waals surface area contributed by atoms with Crippen LogP contribution in [0.2, 0.25) is 10.0 Å². The molecule has 2 aromatic rings. The minimum absolute atomic E-state index is 0.315. The predicted octanol–water partition coefficient (Wildman–Crippen LogP) is 5.51. The number of carbonyl (C=O) groups excluding carboxylic acids is 2. The molecule has 0 spiro atoms. The van der Waals surface area contributed by atoms with Crippen molar-refractivity contribution in [1.29, 1.82) is 0 Å². The highest BCUT2D eigenvalue weighted by atomic mass is 35.5. The van der Waals surface area contributed by atoms with Gasteiger partial charge in [0.1, 0.15) is 0 Å². The van der Waals surface area contributed by atoms with E-state index in [9.17, 15) is 9.59 Å². The molecule has 0 unspecified atom stereocenters. The molecule has 0 N–H and O–H groups in total. The van der Waals surface area contributed by atoms with E-state index in [1.165, 1.54) is 7.11 Å². The molecule has 144 valence electrons. The van der Waals surface area contributed by atoms with Gasteiger partial charge in [-0.2, -0.15) is 0 Å². The molecule has 0 aliphatic rings. The summed E-state index contributed by atoms with van der Waals surface area (Å²) in [5.41, 5.74) is 0.0133. The van der Waals surface area contributed by atoms with Crippen molar-refractivity contribution in [1.82, 2.24) is 0 Å². The van der Waals surface area contributed by atoms with Crippen LogP contribution in [0.3, 0.4) is 0 Å². The molecular weight excluding hydrogens is 387 g/mol. The average molecular weight is 409 g/mol. The van der Waals surface area contributed by atoms with Crippen LogP contribution in [-0.4, -0.2) is 19.0 Å². The zero-order valence-electron chi connectivity index (χ0n) is 15.5. The molecule has 0 saturated carbocycles. The van der Waals surface area contributed by atoms with Crippen LogP contribution in [-0.2, 0) is 24.5 Å². The summed E-state index contributed by atoms with van der Waals surface area (Å²) in [4.78, 5) is 25.5. The molecule has 0 radical (unpaired) electrons. The Morgan fingerprint density at radius 1 is 1.04 bits per heavy atom. The van der Waals surface area contributed by atoms with Crippen molar-refractivity contribution in [2.75, 3.05) is 7.11 Å². The van der Waals surface area contributed by atoms with Gasteiger partial charge in [-0.15, -0.1) is 0 Å². The Labute approximate surface area is 169 Å². The Morgan fingerprint density at radius 2 is 1.63 bits per heavy atom. The molecule has 0 fully saturated rings. The molecule has 0 heterocycles. The second kappa shape index (κ2) is 9.25. The fourth-order valence-corrected chi connectivity index (χ4v) is 3.60. The lowest BCUT2D eigenvalue weighted by atomic mass is 9.78. The highest BCUT2D eigenvalue weighted by Crippen LogP contribution is 2.37. The van der Waals surface area contributed by atoms with E-state index < -0.39 is 23.5 Å². The van der Waals surface area contributed by atoms with Crippen LogP contribution in [0.1, 0.15) is 43.9 Å². The van der Waals surface area contributed by atoms with Crippen LogP contribution in [0.25, 0.3) is 0 Å². The number of rotatable bonds is 7. The third kappa shape index (κ3) is 4.63. The van der Waals surface area contributed by atoms with Crippen LogP contribution in [0.15, 0.2) is 48.5 Å². The number of hydrogen-bond acceptors (Lipinski definition) is 4. The number of benzene rings is 2. The number of hydrogen-bond donors (Lipinski definition) is 0. The van der Waals surface area contributed by atoms with Crippen LogP contribution >= 0.6 is 23.2 Å². The van der Waals surface area contributed by atoms with Crippen LogP contribution < -0.4 is 0 Å². The Morgan fingerprint density at radius 3 is 2.19 bits per heavy atom. The number of carbonyl (C=O) groups is 2. The maximum atomic E-state index is 13.2. The van der Waals surface area contributed by atoms with E-state index in [0.29, 0.717) is 27.6 Å². The quantitative estimate of drug-likeness (QED) is 0.566. The highest BCUT2D eigenvalue weighted by molar-refractivity contribution is 6.32. The van der Waals surface area contributed by atoms with Gasteiger partial charge in [-0.3, -0.25) is 4.79 Å². The molecule has 0 amide bonds. The summed E-state index contributed by atoms with van der Waals surface area (Å²) in [6.45, 7) is 3.73. The van der Waals surface area contributed by atoms with Gasteiger partial charge in [-0.05, 0) is 31.0 Å². The molecule has 2 atom stereocenters. The number of methoxy groups -OCH3 is 1. The first-order valence-corrected chi connectivity index (χ1v) is 9.39. The van der Waals surface area contributed by atoms with E-state index in [-0.39, 0.29) is 0 Å². The molecule has 4 nitrogen and oxygen atoms in total. The van der Waals surface area contributed by atoms with E-state index in [4.69, 9.17) is 32.7 Å². The first-order valence-electron chi connectivity index (χ1n) is 8.63. The van der Waals surface area contributed by atoms with Gasteiger partial charge in [0.15, 0.2) is 0 Å². The summed E-state index contributed by atoms with van der Waals surface area (Å²) in [6, 6.07) is 13.8. The van der Waals surface area contributed by atoms with Crippen molar-refractivity contribution in [3.63, 3.8) is 0 Å². The molecule has 0 aromatic heterocycles. The summed E-state index contributed by atoms with van der Waals surface area (Å²) in [5, 5.41) is 0.786. The molecular formula is C21H22Cl2O4. The molecule has 0 aliphatic carbocycles. The van der Waals surface area contributed by atoms with Crippen molar-refractivity contribution in [3.05, 3.63) is 69.7 Å². The minimum Gasteiger partial charge on any atom is -0.466 e. The lowest BCUT2D eigenvalue weighted by Crippen LogP contribution is -2.37. The van der Waals surface area contributed by atoms with Crippen LogP contribution in [0.5, 0.6) is 0 Å². The lowest BCUT2D eigenvalue weighted by Gasteiger charge is -2.30. The summed E-state index contributed by atoms with van der Waals surface area (Å²) in [5.74, 6) is -1.26. The van der Waals surface area contributed by atoms with Gasteiger partial charge < -0.3 is 9.47 Å². The predicted molar refractivity (Wildman–Crippen MR) is 106 cm³/mol. The summed E-state index contributed by atoms with van der Waals surface area (Å²) >= 11 is 12.5. The monoisotopic (exact) mass is 408 g/mol. The summed E-state index contributed by atoms with van der Waals surface area (Å²) < 4.78 is 10.5. The molecule has 2 aromatic carbocycles. The van der Waals surface area contributed by atoms with E-state index in [0.717, 1.165) is 6.42 Å². The third-order valence-corrected chi connectivity index (χ3v) is 5.17. The Kier molecular flexibility index (Phi) is 7.28. The highest BCUT2D eigenvalue weighted by Gasteiger charge is 2.40. The normalized spacial score (nSPS) is 14.1. The molecule has 2 rings (SSSR count). The van der Waals surface area contributed by atoms with Gasteiger partial charge in [0.25, 0.3) is 0 Å². The first-order chi connectivity index (χ1) is 12.8. The summed E-state index contributed by atoms with van der Waals surface area (Å²) in [6.07, 6.45) is -0.0208. The topological polar surface area (TPSA) is 52.6 Å². The lowest BCUT2D eigenvalue weighted by molar-refractivity contribution is -0.170. The fraction of sp³-hybridized carbons (Fsp3) is 0.333. The smallest absolute Gasteiger partial charge is 0.352 e. The standard InChI is InChI=1S/C21H22Cl2O4/c1-4-13-21(2,15-10-6-8-12-17(15)23)20(25)27-18(19(24)26-3)14-9-5-7-11-16(14)22/h5-12,18H,4,13H2,1-3H3/t18-,21-/m1/s1. The van der Waals surface area contributed by atoms with Gasteiger partial charge in [0.05, 0.1) is 12.5 Å². The van der Waals surface area contributed by atoms with Crippen molar-refractivity contribution < 1.29 is 19.1 Å². The van der Waals surface area contributed by atoms with Crippen molar-refractivity contribution in [2.24, 2.45) is 0 Å². The molecule has 0 saturated heterocycles. The van der Waals surface area contributed by atoms with Crippen LogP contribution in [0, 0.1) is 0 Å². The largest absolute Gasteiger partial charge is 0.466 e. The second-order valence-electron chi connectivity index (χ2n) is 6.39. The Bertz CT molecular complexity index is 821. The Balaban J connectivity index is 2.43. The van der Waals surface area contributed by atoms with E-state index in [2.05, 4.69) is 0 Å². The van der Waals surface area contributed by atoms with E-state index >= 15 is 0 Å². The minimum atomic E-state index is -1.25. The number of esters is 2. The number of halogens is 2. The van der Waals surface area contributed by atoms with Crippen molar-refractivity contribution >= 4 is 35.1 Å². The van der Waals surface area contributed by atoms with E-state index in [1.807, 2.05) is 13.0 Å².